The van der Waals surface area contributed by atoms with E-state index in [4.69, 9.17) is 9.84 Å². The number of carbonyl (C=O) groups is 2. The summed E-state index contributed by atoms with van der Waals surface area (Å²) < 4.78 is 5.34. The van der Waals surface area contributed by atoms with Crippen LogP contribution in [-0.4, -0.2) is 29.7 Å². The Kier molecular flexibility index (Phi) is 3.75. The van der Waals surface area contributed by atoms with E-state index in [1.54, 1.807) is 0 Å². The summed E-state index contributed by atoms with van der Waals surface area (Å²) in [5.74, 6) is -1.18. The van der Waals surface area contributed by atoms with Gasteiger partial charge in [0, 0.05) is 12.0 Å². The summed E-state index contributed by atoms with van der Waals surface area (Å²) in [6.07, 6.45) is 2.30. The van der Waals surface area contributed by atoms with E-state index in [0.29, 0.717) is 11.6 Å². The van der Waals surface area contributed by atoms with Crippen molar-refractivity contribution in [2.24, 2.45) is 0 Å². The van der Waals surface area contributed by atoms with Gasteiger partial charge in [-0.25, -0.2) is 4.79 Å². The molecule has 0 radical (unpaired) electrons. The molecular formula is C11H13NO4S. The minimum absolute atomic E-state index is 0.190. The summed E-state index contributed by atoms with van der Waals surface area (Å²) in [5.41, 5.74) is 0.190. The first-order chi connectivity index (χ1) is 8.16. The van der Waals surface area contributed by atoms with Gasteiger partial charge in [0.25, 0.3) is 5.91 Å². The standard InChI is InChI=1S/C11H13NO4S/c13-10(8-3-1-2-4-16-8)12-9-5-7(6-17-9)11(14)15/h5-6,8H,1-4H2,(H,12,13)(H,14,15). The molecule has 1 aromatic heterocycles. The van der Waals surface area contributed by atoms with Crippen LogP contribution in [0.25, 0.3) is 0 Å². The van der Waals surface area contributed by atoms with Gasteiger partial charge in [-0.2, -0.15) is 0 Å². The normalized spacial score (nSPS) is 19.9. The molecule has 0 saturated carbocycles. The summed E-state index contributed by atoms with van der Waals surface area (Å²) in [4.78, 5) is 22.4. The highest BCUT2D eigenvalue weighted by molar-refractivity contribution is 7.14. The molecule has 1 amide bonds. The number of hydrogen-bond acceptors (Lipinski definition) is 4. The highest BCUT2D eigenvalue weighted by atomic mass is 32.1. The number of carbonyl (C=O) groups excluding carboxylic acids is 1. The first-order valence-electron chi connectivity index (χ1n) is 5.41. The van der Waals surface area contributed by atoms with E-state index >= 15 is 0 Å². The first-order valence-corrected chi connectivity index (χ1v) is 6.29. The van der Waals surface area contributed by atoms with Crippen molar-refractivity contribution in [2.75, 3.05) is 11.9 Å². The van der Waals surface area contributed by atoms with Crippen molar-refractivity contribution in [2.45, 2.75) is 25.4 Å². The minimum atomic E-state index is -0.990. The zero-order valence-corrected chi connectivity index (χ0v) is 9.96. The average Bonchev–Trinajstić information content (AvgIpc) is 2.79. The van der Waals surface area contributed by atoms with Gasteiger partial charge in [-0.05, 0) is 25.3 Å². The molecule has 1 aliphatic rings. The van der Waals surface area contributed by atoms with E-state index in [0.717, 1.165) is 19.3 Å². The molecule has 2 heterocycles. The fourth-order valence-electron chi connectivity index (χ4n) is 1.66. The molecule has 0 bridgehead atoms. The van der Waals surface area contributed by atoms with E-state index in [-0.39, 0.29) is 11.5 Å². The van der Waals surface area contributed by atoms with Crippen LogP contribution in [0.15, 0.2) is 11.4 Å². The molecule has 0 spiro atoms. The maximum Gasteiger partial charge on any atom is 0.336 e. The predicted octanol–water partition coefficient (Wildman–Crippen LogP) is 1.95. The Morgan fingerprint density at radius 2 is 2.29 bits per heavy atom. The number of carboxylic acid groups (broad SMARTS) is 1. The van der Waals surface area contributed by atoms with Crippen LogP contribution in [-0.2, 0) is 9.53 Å². The fraction of sp³-hybridized carbons (Fsp3) is 0.455. The third-order valence-electron chi connectivity index (χ3n) is 2.56. The molecule has 1 unspecified atom stereocenters. The van der Waals surface area contributed by atoms with Crippen molar-refractivity contribution in [3.63, 3.8) is 0 Å². The molecule has 1 fully saturated rings. The van der Waals surface area contributed by atoms with Crippen molar-refractivity contribution in [1.29, 1.82) is 0 Å². The number of aromatic carboxylic acids is 1. The van der Waals surface area contributed by atoms with Gasteiger partial charge in [-0.15, -0.1) is 11.3 Å². The number of carboxylic acids is 1. The zero-order chi connectivity index (χ0) is 12.3. The summed E-state index contributed by atoms with van der Waals surface area (Å²) in [7, 11) is 0. The molecule has 5 nitrogen and oxygen atoms in total. The lowest BCUT2D eigenvalue weighted by atomic mass is 10.1. The number of nitrogens with one attached hydrogen (secondary N) is 1. The maximum absolute atomic E-state index is 11.8. The first kappa shape index (κ1) is 12.1. The second-order valence-corrected chi connectivity index (χ2v) is 4.76. The van der Waals surface area contributed by atoms with Crippen molar-refractivity contribution in [3.8, 4) is 0 Å². The molecule has 17 heavy (non-hydrogen) atoms. The predicted molar refractivity (Wildman–Crippen MR) is 63.5 cm³/mol. The van der Waals surface area contributed by atoms with Crippen molar-refractivity contribution in [3.05, 3.63) is 17.0 Å². The third-order valence-corrected chi connectivity index (χ3v) is 3.41. The Balaban J connectivity index is 1.94. The lowest BCUT2D eigenvalue weighted by molar-refractivity contribution is -0.129. The molecule has 6 heteroatoms. The van der Waals surface area contributed by atoms with Crippen molar-refractivity contribution >= 4 is 28.2 Å². The van der Waals surface area contributed by atoms with Gasteiger partial charge in [0.1, 0.15) is 6.10 Å². The average molecular weight is 255 g/mol. The summed E-state index contributed by atoms with van der Waals surface area (Å²) in [5, 5.41) is 13.5. The van der Waals surface area contributed by atoms with Crippen LogP contribution in [0, 0.1) is 0 Å². The molecule has 1 saturated heterocycles. The molecule has 0 aromatic carbocycles. The summed E-state index contributed by atoms with van der Waals surface area (Å²) in [6, 6.07) is 1.45. The van der Waals surface area contributed by atoms with Gasteiger partial charge in [0.2, 0.25) is 0 Å². The van der Waals surface area contributed by atoms with Crippen LogP contribution in [0.1, 0.15) is 29.6 Å². The molecule has 92 valence electrons. The number of thiophene rings is 1. The molecular weight excluding hydrogens is 242 g/mol. The van der Waals surface area contributed by atoms with Gasteiger partial charge < -0.3 is 15.2 Å². The Morgan fingerprint density at radius 1 is 1.47 bits per heavy atom. The van der Waals surface area contributed by atoms with Crippen LogP contribution in [0.5, 0.6) is 0 Å². The lowest BCUT2D eigenvalue weighted by Crippen LogP contribution is -2.32. The minimum Gasteiger partial charge on any atom is -0.478 e. The number of rotatable bonds is 3. The fourth-order valence-corrected chi connectivity index (χ4v) is 2.44. The van der Waals surface area contributed by atoms with E-state index in [2.05, 4.69) is 5.32 Å². The molecule has 1 atom stereocenters. The number of anilines is 1. The van der Waals surface area contributed by atoms with Crippen LogP contribution in [0.4, 0.5) is 5.00 Å². The largest absolute Gasteiger partial charge is 0.478 e. The van der Waals surface area contributed by atoms with Crippen LogP contribution in [0.2, 0.25) is 0 Å². The highest BCUT2D eigenvalue weighted by Crippen LogP contribution is 2.22. The number of amides is 1. The monoisotopic (exact) mass is 255 g/mol. The maximum atomic E-state index is 11.8. The van der Waals surface area contributed by atoms with Crippen LogP contribution < -0.4 is 5.32 Å². The van der Waals surface area contributed by atoms with E-state index in [1.165, 1.54) is 22.8 Å². The summed E-state index contributed by atoms with van der Waals surface area (Å²) >= 11 is 1.20. The molecule has 1 aliphatic heterocycles. The Labute approximate surface area is 102 Å². The van der Waals surface area contributed by atoms with Crippen molar-refractivity contribution < 1.29 is 19.4 Å². The SMILES string of the molecule is O=C(O)c1csc(NC(=O)C2CCCCO2)c1. The third kappa shape index (κ3) is 3.04. The molecule has 0 aliphatic carbocycles. The topological polar surface area (TPSA) is 75.6 Å². The number of hydrogen-bond donors (Lipinski definition) is 2. The number of ether oxygens (including phenoxy) is 1. The Morgan fingerprint density at radius 3 is 2.88 bits per heavy atom. The lowest BCUT2D eigenvalue weighted by Gasteiger charge is -2.21. The van der Waals surface area contributed by atoms with Gasteiger partial charge >= 0.3 is 5.97 Å². The molecule has 1 aromatic rings. The Bertz CT molecular complexity index is 423. The summed E-state index contributed by atoms with van der Waals surface area (Å²) in [6.45, 7) is 0.614. The van der Waals surface area contributed by atoms with Gasteiger partial charge in [0.05, 0.1) is 10.6 Å². The second kappa shape index (κ2) is 5.29. The van der Waals surface area contributed by atoms with E-state index in [9.17, 15) is 9.59 Å². The van der Waals surface area contributed by atoms with E-state index in [1.807, 2.05) is 0 Å². The van der Waals surface area contributed by atoms with Crippen molar-refractivity contribution in [1.82, 2.24) is 0 Å². The van der Waals surface area contributed by atoms with Crippen LogP contribution in [0.3, 0.4) is 0 Å². The second-order valence-electron chi connectivity index (χ2n) is 3.85. The Hall–Kier alpha value is -1.40. The molecule has 2 rings (SSSR count). The quantitative estimate of drug-likeness (QED) is 0.865. The zero-order valence-electron chi connectivity index (χ0n) is 9.14. The van der Waals surface area contributed by atoms with Crippen LogP contribution >= 0.6 is 11.3 Å². The highest BCUT2D eigenvalue weighted by Gasteiger charge is 2.22. The van der Waals surface area contributed by atoms with E-state index < -0.39 is 12.1 Å². The smallest absolute Gasteiger partial charge is 0.336 e. The van der Waals surface area contributed by atoms with Gasteiger partial charge in [0.15, 0.2) is 0 Å². The van der Waals surface area contributed by atoms with Gasteiger partial charge in [-0.3, -0.25) is 4.79 Å². The van der Waals surface area contributed by atoms with Gasteiger partial charge in [-0.1, -0.05) is 0 Å². The molecule has 2 N–H and O–H groups in total.